The zero-order chi connectivity index (χ0) is 12.4. The lowest BCUT2D eigenvalue weighted by atomic mass is 10.1. The number of halogens is 2. The van der Waals surface area contributed by atoms with E-state index < -0.39 is 0 Å². The zero-order valence-corrected chi connectivity index (χ0v) is 11.3. The molecule has 1 amide bonds. The first-order valence-electron chi connectivity index (χ1n) is 5.21. The van der Waals surface area contributed by atoms with Crippen molar-refractivity contribution in [2.75, 3.05) is 17.3 Å². The predicted molar refractivity (Wildman–Crippen MR) is 70.0 cm³/mol. The van der Waals surface area contributed by atoms with E-state index in [-0.39, 0.29) is 11.8 Å². The fourth-order valence-electron chi connectivity index (χ4n) is 1.95. The number of anilines is 1. The van der Waals surface area contributed by atoms with E-state index in [9.17, 15) is 4.79 Å². The molecule has 0 N–H and O–H groups in total. The van der Waals surface area contributed by atoms with Crippen LogP contribution in [0.4, 0.5) is 5.69 Å². The van der Waals surface area contributed by atoms with Crippen molar-refractivity contribution in [2.45, 2.75) is 6.42 Å². The predicted octanol–water partition coefficient (Wildman–Crippen LogP) is 2.91. The second-order valence-corrected chi connectivity index (χ2v) is 5.23. The largest absolute Gasteiger partial charge is 0.311 e. The molecule has 1 saturated heterocycles. The number of alkyl halides is 1. The Morgan fingerprint density at radius 2 is 2.35 bits per heavy atom. The normalized spacial score (nSPS) is 19.5. The molecule has 2 rings (SSSR count). The highest BCUT2D eigenvalue weighted by Gasteiger charge is 2.31. The van der Waals surface area contributed by atoms with Crippen molar-refractivity contribution in [3.8, 4) is 6.07 Å². The van der Waals surface area contributed by atoms with Crippen LogP contribution in [-0.2, 0) is 4.79 Å². The van der Waals surface area contributed by atoms with Crippen molar-refractivity contribution in [1.29, 1.82) is 5.26 Å². The monoisotopic (exact) mass is 312 g/mol. The van der Waals surface area contributed by atoms with Gasteiger partial charge in [0.1, 0.15) is 6.07 Å². The third-order valence-electron chi connectivity index (χ3n) is 2.79. The summed E-state index contributed by atoms with van der Waals surface area (Å²) in [6.45, 7) is 0.596. The fraction of sp³-hybridized carbons (Fsp3) is 0.333. The molecule has 1 aromatic rings. The van der Waals surface area contributed by atoms with Crippen LogP contribution in [0.2, 0.25) is 0 Å². The molecule has 1 fully saturated rings. The smallest absolute Gasteiger partial charge is 0.227 e. The van der Waals surface area contributed by atoms with Crippen LogP contribution < -0.4 is 4.90 Å². The molecule has 5 heteroatoms. The van der Waals surface area contributed by atoms with Crippen LogP contribution in [0.1, 0.15) is 12.0 Å². The standard InChI is InChI=1S/C12H10BrClN2O/c13-10-1-2-11(9(4-10)6-15)16-7-8(5-14)3-12(16)17/h1-2,4,8H,3,5,7H2. The molecule has 1 heterocycles. The average Bonchev–Trinajstić information content (AvgIpc) is 2.70. The van der Waals surface area contributed by atoms with Gasteiger partial charge in [0, 0.05) is 23.3 Å². The summed E-state index contributed by atoms with van der Waals surface area (Å²) in [4.78, 5) is 13.5. The second kappa shape index (κ2) is 5.07. The van der Waals surface area contributed by atoms with E-state index in [1.807, 2.05) is 6.07 Å². The van der Waals surface area contributed by atoms with Gasteiger partial charge in [-0.2, -0.15) is 5.26 Å². The quantitative estimate of drug-likeness (QED) is 0.788. The average molecular weight is 314 g/mol. The number of hydrogen-bond acceptors (Lipinski definition) is 2. The van der Waals surface area contributed by atoms with Gasteiger partial charge in [-0.25, -0.2) is 0 Å². The molecule has 1 unspecified atom stereocenters. The highest BCUT2D eigenvalue weighted by Crippen LogP contribution is 2.30. The van der Waals surface area contributed by atoms with Crippen LogP contribution >= 0.6 is 27.5 Å². The number of nitrogens with zero attached hydrogens (tertiary/aromatic N) is 2. The summed E-state index contributed by atoms with van der Waals surface area (Å²) in [7, 11) is 0. The Labute approximate surface area is 113 Å². The van der Waals surface area contributed by atoms with Gasteiger partial charge in [0.25, 0.3) is 0 Å². The molecule has 17 heavy (non-hydrogen) atoms. The van der Waals surface area contributed by atoms with Crippen LogP contribution in [0.5, 0.6) is 0 Å². The lowest BCUT2D eigenvalue weighted by molar-refractivity contribution is -0.117. The summed E-state index contributed by atoms with van der Waals surface area (Å²) in [6, 6.07) is 7.45. The van der Waals surface area contributed by atoms with Gasteiger partial charge in [0.05, 0.1) is 11.3 Å². The van der Waals surface area contributed by atoms with Crippen molar-refractivity contribution in [1.82, 2.24) is 0 Å². The van der Waals surface area contributed by atoms with Crippen LogP contribution in [-0.4, -0.2) is 18.3 Å². The van der Waals surface area contributed by atoms with Gasteiger partial charge in [-0.1, -0.05) is 15.9 Å². The van der Waals surface area contributed by atoms with Crippen molar-refractivity contribution >= 4 is 39.1 Å². The SMILES string of the molecule is N#Cc1cc(Br)ccc1N1CC(CCl)CC1=O. The van der Waals surface area contributed by atoms with Crippen molar-refractivity contribution in [3.63, 3.8) is 0 Å². The summed E-state index contributed by atoms with van der Waals surface area (Å²) in [5, 5.41) is 9.08. The minimum atomic E-state index is 0.0365. The number of carbonyl (C=O) groups excluding carboxylic acids is 1. The van der Waals surface area contributed by atoms with E-state index in [2.05, 4.69) is 22.0 Å². The highest BCUT2D eigenvalue weighted by molar-refractivity contribution is 9.10. The van der Waals surface area contributed by atoms with Gasteiger partial charge in [0.2, 0.25) is 5.91 Å². The zero-order valence-electron chi connectivity index (χ0n) is 8.99. The Balaban J connectivity index is 2.35. The molecule has 88 valence electrons. The number of rotatable bonds is 2. The second-order valence-electron chi connectivity index (χ2n) is 4.00. The number of carbonyl (C=O) groups is 1. The van der Waals surface area contributed by atoms with Gasteiger partial charge in [-0.3, -0.25) is 4.79 Å². The molecule has 0 spiro atoms. The van der Waals surface area contributed by atoms with Gasteiger partial charge in [-0.15, -0.1) is 11.6 Å². The summed E-state index contributed by atoms with van der Waals surface area (Å²) >= 11 is 9.08. The molecule has 0 aliphatic carbocycles. The lowest BCUT2D eigenvalue weighted by Crippen LogP contribution is -2.25. The first kappa shape index (κ1) is 12.4. The Bertz CT molecular complexity index is 498. The topological polar surface area (TPSA) is 44.1 Å². The summed E-state index contributed by atoms with van der Waals surface area (Å²) in [5.41, 5.74) is 1.18. The Hall–Kier alpha value is -1.05. The fourth-order valence-corrected chi connectivity index (χ4v) is 2.52. The first-order valence-corrected chi connectivity index (χ1v) is 6.54. The number of benzene rings is 1. The van der Waals surface area contributed by atoms with E-state index in [0.717, 1.165) is 4.47 Å². The van der Waals surface area contributed by atoms with Crippen LogP contribution in [0.25, 0.3) is 0 Å². The summed E-state index contributed by atoms with van der Waals surface area (Å²) in [6.07, 6.45) is 0.463. The number of hydrogen-bond donors (Lipinski definition) is 0. The molecule has 1 atom stereocenters. The minimum absolute atomic E-state index is 0.0365. The molecule has 1 aliphatic rings. The third-order valence-corrected chi connectivity index (χ3v) is 3.72. The maximum atomic E-state index is 11.8. The minimum Gasteiger partial charge on any atom is -0.311 e. The number of nitriles is 1. The molecular weight excluding hydrogens is 304 g/mol. The molecule has 1 aromatic carbocycles. The molecule has 1 aliphatic heterocycles. The van der Waals surface area contributed by atoms with Crippen LogP contribution in [0.15, 0.2) is 22.7 Å². The molecule has 0 saturated carbocycles. The first-order chi connectivity index (χ1) is 8.15. The van der Waals surface area contributed by atoms with Gasteiger partial charge in [-0.05, 0) is 24.1 Å². The summed E-state index contributed by atoms with van der Waals surface area (Å²) in [5.74, 6) is 0.689. The third kappa shape index (κ3) is 2.46. The van der Waals surface area contributed by atoms with Gasteiger partial charge in [0.15, 0.2) is 0 Å². The Morgan fingerprint density at radius 1 is 1.59 bits per heavy atom. The van der Waals surface area contributed by atoms with E-state index in [0.29, 0.717) is 30.1 Å². The van der Waals surface area contributed by atoms with Crippen LogP contribution in [0.3, 0.4) is 0 Å². The van der Waals surface area contributed by atoms with E-state index >= 15 is 0 Å². The van der Waals surface area contributed by atoms with Crippen molar-refractivity contribution < 1.29 is 4.79 Å². The van der Waals surface area contributed by atoms with E-state index in [1.165, 1.54) is 0 Å². The Kier molecular flexibility index (Phi) is 3.70. The summed E-state index contributed by atoms with van der Waals surface area (Å²) < 4.78 is 0.832. The lowest BCUT2D eigenvalue weighted by Gasteiger charge is -2.17. The molecule has 0 aromatic heterocycles. The van der Waals surface area contributed by atoms with E-state index in [4.69, 9.17) is 16.9 Å². The van der Waals surface area contributed by atoms with Crippen molar-refractivity contribution in [2.24, 2.45) is 5.92 Å². The maximum absolute atomic E-state index is 11.8. The molecule has 0 bridgehead atoms. The van der Waals surface area contributed by atoms with Crippen LogP contribution in [0, 0.1) is 17.2 Å². The Morgan fingerprint density at radius 3 is 2.94 bits per heavy atom. The maximum Gasteiger partial charge on any atom is 0.227 e. The van der Waals surface area contributed by atoms with Gasteiger partial charge < -0.3 is 4.90 Å². The highest BCUT2D eigenvalue weighted by atomic mass is 79.9. The van der Waals surface area contributed by atoms with Crippen molar-refractivity contribution in [3.05, 3.63) is 28.2 Å². The molecule has 0 radical (unpaired) electrons. The molecular formula is C12H10BrClN2O. The van der Waals surface area contributed by atoms with Gasteiger partial charge >= 0.3 is 0 Å². The number of amides is 1. The molecule has 3 nitrogen and oxygen atoms in total. The van der Waals surface area contributed by atoms with E-state index in [1.54, 1.807) is 17.0 Å².